The van der Waals surface area contributed by atoms with Gasteiger partial charge in [-0.25, -0.2) is 18.4 Å². The molecule has 1 aliphatic rings. The van der Waals surface area contributed by atoms with Crippen molar-refractivity contribution < 1.29 is 13.6 Å². The molecule has 3 rings (SSSR count). The monoisotopic (exact) mass is 334 g/mol. The Balaban J connectivity index is 1.52. The first-order chi connectivity index (χ1) is 11.6. The van der Waals surface area contributed by atoms with Crippen molar-refractivity contribution in [2.24, 2.45) is 5.92 Å². The maximum atomic E-state index is 13.7. The number of rotatable bonds is 5. The average molecular weight is 334 g/mol. The van der Waals surface area contributed by atoms with Crippen molar-refractivity contribution in [3.05, 3.63) is 48.1 Å². The van der Waals surface area contributed by atoms with Crippen LogP contribution in [0.2, 0.25) is 0 Å². The summed E-state index contributed by atoms with van der Waals surface area (Å²) >= 11 is 0. The summed E-state index contributed by atoms with van der Waals surface area (Å²) in [7, 11) is 0. The minimum atomic E-state index is -0.557. The zero-order valence-electron chi connectivity index (χ0n) is 13.4. The Hall–Kier alpha value is -2.31. The molecule has 1 aliphatic heterocycles. The molecule has 0 N–H and O–H groups in total. The summed E-state index contributed by atoms with van der Waals surface area (Å²) in [5, 5.41) is 3.95. The van der Waals surface area contributed by atoms with E-state index in [-0.39, 0.29) is 12.5 Å². The van der Waals surface area contributed by atoms with Crippen LogP contribution < -0.4 is 0 Å². The molecule has 5 nitrogen and oxygen atoms in total. The quantitative estimate of drug-likeness (QED) is 0.844. The summed E-state index contributed by atoms with van der Waals surface area (Å²) in [6.07, 6.45) is 6.24. The van der Waals surface area contributed by atoms with Crippen LogP contribution in [0.25, 0.3) is 0 Å². The number of benzene rings is 1. The Morgan fingerprint density at radius 1 is 1.33 bits per heavy atom. The average Bonchev–Trinajstić information content (AvgIpc) is 3.07. The minimum absolute atomic E-state index is 0.0261. The van der Waals surface area contributed by atoms with Crippen molar-refractivity contribution in [1.29, 1.82) is 0 Å². The van der Waals surface area contributed by atoms with Gasteiger partial charge in [-0.1, -0.05) is 6.07 Å². The van der Waals surface area contributed by atoms with Gasteiger partial charge in [-0.05, 0) is 43.2 Å². The highest BCUT2D eigenvalue weighted by Crippen LogP contribution is 2.23. The van der Waals surface area contributed by atoms with E-state index in [4.69, 9.17) is 0 Å². The van der Waals surface area contributed by atoms with Crippen LogP contribution in [0.5, 0.6) is 0 Å². The molecule has 1 aromatic carbocycles. The fraction of sp³-hybridized carbons (Fsp3) is 0.471. The Labute approximate surface area is 139 Å². The molecule has 0 bridgehead atoms. The van der Waals surface area contributed by atoms with E-state index < -0.39 is 11.6 Å². The first-order valence-corrected chi connectivity index (χ1v) is 8.16. The van der Waals surface area contributed by atoms with E-state index in [2.05, 4.69) is 10.1 Å². The van der Waals surface area contributed by atoms with Gasteiger partial charge in [0.15, 0.2) is 0 Å². The Morgan fingerprint density at radius 3 is 2.96 bits per heavy atom. The molecule has 7 heteroatoms. The summed E-state index contributed by atoms with van der Waals surface area (Å²) in [6.45, 7) is 1.62. The third-order valence-electron chi connectivity index (χ3n) is 4.47. The predicted molar refractivity (Wildman–Crippen MR) is 84.0 cm³/mol. The molecular weight excluding hydrogens is 314 g/mol. The van der Waals surface area contributed by atoms with Gasteiger partial charge in [0.05, 0.1) is 0 Å². The lowest BCUT2D eigenvalue weighted by molar-refractivity contribution is -0.133. The number of aryl methyl sites for hydroxylation is 1. The number of nitrogens with zero attached hydrogens (tertiary/aromatic N) is 4. The second-order valence-corrected chi connectivity index (χ2v) is 6.22. The molecule has 0 saturated carbocycles. The molecule has 24 heavy (non-hydrogen) atoms. The highest BCUT2D eigenvalue weighted by atomic mass is 19.1. The standard InChI is InChI=1S/C17H20F2N4O/c18-15-6-5-14(16(19)8-15)4-3-13-2-1-7-22(9-13)17(24)10-23-12-20-11-21-23/h5-6,8,11-13H,1-4,7,9-10H2. The molecule has 1 atom stereocenters. The molecule has 0 radical (unpaired) electrons. The van der Waals surface area contributed by atoms with E-state index in [0.29, 0.717) is 24.4 Å². The smallest absolute Gasteiger partial charge is 0.244 e. The van der Waals surface area contributed by atoms with Gasteiger partial charge in [0.25, 0.3) is 0 Å². The number of carbonyl (C=O) groups excluding carboxylic acids is 1. The van der Waals surface area contributed by atoms with Gasteiger partial charge in [0, 0.05) is 19.2 Å². The van der Waals surface area contributed by atoms with Crippen LogP contribution in [0.4, 0.5) is 8.78 Å². The number of likely N-dealkylation sites (tertiary alicyclic amines) is 1. The Bertz CT molecular complexity index is 690. The van der Waals surface area contributed by atoms with Crippen molar-refractivity contribution in [3.8, 4) is 0 Å². The van der Waals surface area contributed by atoms with Gasteiger partial charge < -0.3 is 4.90 Å². The van der Waals surface area contributed by atoms with Crippen molar-refractivity contribution in [2.45, 2.75) is 32.2 Å². The zero-order chi connectivity index (χ0) is 16.9. The fourth-order valence-electron chi connectivity index (χ4n) is 3.16. The molecule has 0 aliphatic carbocycles. The number of carbonyl (C=O) groups is 1. The van der Waals surface area contributed by atoms with Crippen molar-refractivity contribution in [3.63, 3.8) is 0 Å². The van der Waals surface area contributed by atoms with Gasteiger partial charge in [-0.15, -0.1) is 0 Å². The zero-order valence-corrected chi connectivity index (χ0v) is 13.4. The van der Waals surface area contributed by atoms with Crippen LogP contribution in [-0.2, 0) is 17.8 Å². The Morgan fingerprint density at radius 2 is 2.21 bits per heavy atom. The molecule has 1 fully saturated rings. The molecule has 1 amide bonds. The summed E-state index contributed by atoms with van der Waals surface area (Å²) in [6, 6.07) is 3.71. The number of halogens is 2. The van der Waals surface area contributed by atoms with Crippen LogP contribution in [0.15, 0.2) is 30.9 Å². The summed E-state index contributed by atoms with van der Waals surface area (Å²) in [5.74, 6) is -0.690. The second-order valence-electron chi connectivity index (χ2n) is 6.22. The highest BCUT2D eigenvalue weighted by Gasteiger charge is 2.24. The number of aromatic nitrogens is 3. The van der Waals surface area contributed by atoms with E-state index in [1.807, 2.05) is 4.90 Å². The van der Waals surface area contributed by atoms with Crippen LogP contribution in [0.3, 0.4) is 0 Å². The first-order valence-electron chi connectivity index (χ1n) is 8.16. The normalized spacial score (nSPS) is 17.9. The fourth-order valence-corrected chi connectivity index (χ4v) is 3.16. The maximum Gasteiger partial charge on any atom is 0.244 e. The molecule has 1 aromatic heterocycles. The number of hydrogen-bond donors (Lipinski definition) is 0. The number of piperidine rings is 1. The summed E-state index contributed by atoms with van der Waals surface area (Å²) in [4.78, 5) is 18.0. The minimum Gasteiger partial charge on any atom is -0.341 e. The van der Waals surface area contributed by atoms with Crippen molar-refractivity contribution in [2.75, 3.05) is 13.1 Å². The molecular formula is C17H20F2N4O. The highest BCUT2D eigenvalue weighted by molar-refractivity contribution is 5.75. The summed E-state index contributed by atoms with van der Waals surface area (Å²) < 4.78 is 28.2. The van der Waals surface area contributed by atoms with Crippen molar-refractivity contribution >= 4 is 5.91 Å². The lowest BCUT2D eigenvalue weighted by Crippen LogP contribution is -2.41. The number of amides is 1. The molecule has 1 unspecified atom stereocenters. The molecule has 128 valence electrons. The third kappa shape index (κ3) is 4.15. The topological polar surface area (TPSA) is 51.0 Å². The van der Waals surface area contributed by atoms with Gasteiger partial charge in [0.1, 0.15) is 30.8 Å². The third-order valence-corrected chi connectivity index (χ3v) is 4.47. The Kier molecular flexibility index (Phi) is 5.17. The van der Waals surface area contributed by atoms with E-state index in [1.54, 1.807) is 0 Å². The maximum absolute atomic E-state index is 13.7. The SMILES string of the molecule is O=C(Cn1cncn1)N1CCCC(CCc2ccc(F)cc2F)C1. The molecule has 0 spiro atoms. The van der Waals surface area contributed by atoms with Crippen LogP contribution in [-0.4, -0.2) is 38.7 Å². The number of hydrogen-bond acceptors (Lipinski definition) is 3. The van der Waals surface area contributed by atoms with Gasteiger partial charge in [-0.3, -0.25) is 4.79 Å². The van der Waals surface area contributed by atoms with E-state index in [9.17, 15) is 13.6 Å². The van der Waals surface area contributed by atoms with E-state index in [1.165, 1.54) is 29.5 Å². The van der Waals surface area contributed by atoms with Gasteiger partial charge >= 0.3 is 0 Å². The predicted octanol–water partition coefficient (Wildman–Crippen LogP) is 2.43. The lowest BCUT2D eigenvalue weighted by Gasteiger charge is -2.33. The molecule has 2 heterocycles. The van der Waals surface area contributed by atoms with Crippen LogP contribution in [0, 0.1) is 17.6 Å². The first kappa shape index (κ1) is 16.5. The van der Waals surface area contributed by atoms with Crippen molar-refractivity contribution in [1.82, 2.24) is 19.7 Å². The van der Waals surface area contributed by atoms with E-state index in [0.717, 1.165) is 31.9 Å². The van der Waals surface area contributed by atoms with Crippen LogP contribution >= 0.6 is 0 Å². The van der Waals surface area contributed by atoms with Crippen LogP contribution in [0.1, 0.15) is 24.8 Å². The molecule has 2 aromatic rings. The van der Waals surface area contributed by atoms with Gasteiger partial charge in [0.2, 0.25) is 5.91 Å². The molecule has 1 saturated heterocycles. The van der Waals surface area contributed by atoms with E-state index >= 15 is 0 Å². The second kappa shape index (κ2) is 7.51. The summed E-state index contributed by atoms with van der Waals surface area (Å²) in [5.41, 5.74) is 0.530. The largest absolute Gasteiger partial charge is 0.341 e. The van der Waals surface area contributed by atoms with Gasteiger partial charge in [-0.2, -0.15) is 5.10 Å². The lowest BCUT2D eigenvalue weighted by atomic mass is 9.91.